The lowest BCUT2D eigenvalue weighted by Gasteiger charge is -2.29. The molecule has 142 valence electrons. The normalized spacial score (nSPS) is 18.2. The van der Waals surface area contributed by atoms with Crippen molar-refractivity contribution in [2.24, 2.45) is 0 Å². The Labute approximate surface area is 151 Å². The molecule has 0 bridgehead atoms. The fourth-order valence-corrected chi connectivity index (χ4v) is 3.23. The summed E-state index contributed by atoms with van der Waals surface area (Å²) in [5.74, 6) is -0.367. The molecule has 4 heterocycles. The number of fused-ring (bicyclic) bond motifs is 1. The van der Waals surface area contributed by atoms with E-state index < -0.39 is 23.8 Å². The second-order valence-corrected chi connectivity index (χ2v) is 6.39. The van der Waals surface area contributed by atoms with Crippen LogP contribution in [-0.4, -0.2) is 49.5 Å². The van der Waals surface area contributed by atoms with Gasteiger partial charge >= 0.3 is 6.18 Å². The molecule has 1 aliphatic heterocycles. The number of aromatic nitrogens is 3. The molecule has 27 heavy (non-hydrogen) atoms. The van der Waals surface area contributed by atoms with Crippen LogP contribution < -0.4 is 0 Å². The zero-order chi connectivity index (χ0) is 19.2. The number of piperidine rings is 1. The molecule has 0 spiro atoms. The smallest absolute Gasteiger partial charge is 0.417 e. The van der Waals surface area contributed by atoms with Gasteiger partial charge in [0.15, 0.2) is 12.2 Å². The maximum atomic E-state index is 13.4. The standard InChI is InChI=1S/C17H15F3N4O3/c18-17(19,20)10-4-12(14-6-21-9-27-14)15-22-5-13(24(15)7-10)16(26)23-3-1-2-11(25)8-23/h4-7,9,11,25H,1-3,8H2. The number of aliphatic hydroxyl groups excluding tert-OH is 1. The second kappa shape index (κ2) is 6.38. The third kappa shape index (κ3) is 3.16. The third-order valence-corrected chi connectivity index (χ3v) is 4.53. The van der Waals surface area contributed by atoms with Crippen molar-refractivity contribution in [2.45, 2.75) is 25.1 Å². The van der Waals surface area contributed by atoms with E-state index in [1.807, 2.05) is 0 Å². The molecule has 1 fully saturated rings. The van der Waals surface area contributed by atoms with E-state index in [0.29, 0.717) is 19.4 Å². The first kappa shape index (κ1) is 17.5. The predicted octanol–water partition coefficient (Wildman–Crippen LogP) is 2.61. The summed E-state index contributed by atoms with van der Waals surface area (Å²) in [5, 5.41) is 9.77. The summed E-state index contributed by atoms with van der Waals surface area (Å²) in [6.07, 6.45) is 0.426. The molecule has 3 aromatic rings. The molecule has 7 nitrogen and oxygen atoms in total. The Morgan fingerprint density at radius 1 is 1.33 bits per heavy atom. The van der Waals surface area contributed by atoms with Crippen molar-refractivity contribution < 1.29 is 27.5 Å². The molecule has 1 amide bonds. The number of nitrogens with zero attached hydrogens (tertiary/aromatic N) is 4. The fourth-order valence-electron chi connectivity index (χ4n) is 3.23. The van der Waals surface area contributed by atoms with Crippen LogP contribution in [-0.2, 0) is 6.18 Å². The second-order valence-electron chi connectivity index (χ2n) is 6.39. The summed E-state index contributed by atoms with van der Waals surface area (Å²) in [5.41, 5.74) is -0.709. The van der Waals surface area contributed by atoms with E-state index in [9.17, 15) is 23.1 Å². The molecule has 0 saturated carbocycles. The van der Waals surface area contributed by atoms with Gasteiger partial charge < -0.3 is 14.4 Å². The SMILES string of the molecule is O=C(c1cnc2c(-c3cnco3)cc(C(F)(F)F)cn12)N1CCCC(O)C1. The van der Waals surface area contributed by atoms with Gasteiger partial charge in [0.25, 0.3) is 5.91 Å². The van der Waals surface area contributed by atoms with Crippen LogP contribution >= 0.6 is 0 Å². The number of oxazole rings is 1. The van der Waals surface area contributed by atoms with Crippen molar-refractivity contribution >= 4 is 11.6 Å². The van der Waals surface area contributed by atoms with Crippen LogP contribution in [0.2, 0.25) is 0 Å². The van der Waals surface area contributed by atoms with Gasteiger partial charge in [-0.1, -0.05) is 0 Å². The molecule has 1 atom stereocenters. The van der Waals surface area contributed by atoms with Gasteiger partial charge in [0.1, 0.15) is 11.3 Å². The van der Waals surface area contributed by atoms with Crippen molar-refractivity contribution in [3.63, 3.8) is 0 Å². The fraction of sp³-hybridized carbons (Fsp3) is 0.353. The highest BCUT2D eigenvalue weighted by Crippen LogP contribution is 2.34. The number of pyridine rings is 1. The zero-order valence-electron chi connectivity index (χ0n) is 14.0. The molecule has 1 saturated heterocycles. The number of alkyl halides is 3. The van der Waals surface area contributed by atoms with Gasteiger partial charge in [0.2, 0.25) is 0 Å². The number of aliphatic hydroxyl groups is 1. The Morgan fingerprint density at radius 2 is 2.15 bits per heavy atom. The van der Waals surface area contributed by atoms with Crippen molar-refractivity contribution in [1.29, 1.82) is 0 Å². The molecule has 0 aliphatic carbocycles. The van der Waals surface area contributed by atoms with Gasteiger partial charge in [0.05, 0.1) is 29.6 Å². The van der Waals surface area contributed by atoms with Gasteiger partial charge in [-0.3, -0.25) is 9.20 Å². The van der Waals surface area contributed by atoms with Crippen molar-refractivity contribution in [2.75, 3.05) is 13.1 Å². The molecule has 3 aromatic heterocycles. The highest BCUT2D eigenvalue weighted by Gasteiger charge is 2.34. The number of halogens is 3. The van der Waals surface area contributed by atoms with E-state index in [4.69, 9.17) is 4.42 Å². The number of hydrogen-bond donors (Lipinski definition) is 1. The Morgan fingerprint density at radius 3 is 2.81 bits per heavy atom. The number of carbonyl (C=O) groups excluding carboxylic acids is 1. The largest absolute Gasteiger partial charge is 0.443 e. The lowest BCUT2D eigenvalue weighted by atomic mass is 10.1. The molecular weight excluding hydrogens is 365 g/mol. The summed E-state index contributed by atoms with van der Waals surface area (Å²) in [4.78, 5) is 22.1. The molecule has 0 radical (unpaired) electrons. The molecule has 4 rings (SSSR count). The maximum Gasteiger partial charge on any atom is 0.417 e. The van der Waals surface area contributed by atoms with E-state index in [-0.39, 0.29) is 29.2 Å². The number of rotatable bonds is 2. The molecule has 1 unspecified atom stereocenters. The van der Waals surface area contributed by atoms with Gasteiger partial charge in [-0.2, -0.15) is 13.2 Å². The van der Waals surface area contributed by atoms with Crippen LogP contribution in [0.5, 0.6) is 0 Å². The van der Waals surface area contributed by atoms with Crippen LogP contribution in [0.1, 0.15) is 28.9 Å². The molecule has 0 aromatic carbocycles. The van der Waals surface area contributed by atoms with Gasteiger partial charge in [-0.15, -0.1) is 0 Å². The Bertz CT molecular complexity index is 981. The van der Waals surface area contributed by atoms with Crippen LogP contribution in [0.4, 0.5) is 13.2 Å². The molecule has 1 aliphatic rings. The van der Waals surface area contributed by atoms with Crippen molar-refractivity contribution in [1.82, 2.24) is 19.3 Å². The van der Waals surface area contributed by atoms with E-state index in [2.05, 4.69) is 9.97 Å². The lowest BCUT2D eigenvalue weighted by molar-refractivity contribution is -0.137. The number of amides is 1. The maximum absolute atomic E-state index is 13.4. The van der Waals surface area contributed by atoms with E-state index in [1.165, 1.54) is 17.3 Å². The minimum Gasteiger partial charge on any atom is -0.443 e. The first-order chi connectivity index (χ1) is 12.8. The number of hydrogen-bond acceptors (Lipinski definition) is 5. The average molecular weight is 380 g/mol. The first-order valence-electron chi connectivity index (χ1n) is 8.29. The Kier molecular flexibility index (Phi) is 4.14. The van der Waals surface area contributed by atoms with Gasteiger partial charge in [-0.25, -0.2) is 9.97 Å². The summed E-state index contributed by atoms with van der Waals surface area (Å²) in [7, 11) is 0. The average Bonchev–Trinajstić information content (AvgIpc) is 3.29. The predicted molar refractivity (Wildman–Crippen MR) is 86.8 cm³/mol. The summed E-state index contributed by atoms with van der Waals surface area (Å²) >= 11 is 0. The molecule has 1 N–H and O–H groups in total. The monoisotopic (exact) mass is 380 g/mol. The Balaban J connectivity index is 1.86. The van der Waals surface area contributed by atoms with E-state index >= 15 is 0 Å². The van der Waals surface area contributed by atoms with Crippen molar-refractivity contribution in [3.05, 3.63) is 42.3 Å². The number of carbonyl (C=O) groups is 1. The topological polar surface area (TPSA) is 83.9 Å². The van der Waals surface area contributed by atoms with E-state index in [1.54, 1.807) is 0 Å². The Hall–Kier alpha value is -2.88. The number of β-amino-alcohol motifs (C(OH)–C–C–N with tert-alkyl or cyclic N) is 1. The number of imidazole rings is 1. The van der Waals surface area contributed by atoms with Gasteiger partial charge in [-0.05, 0) is 18.9 Å². The minimum atomic E-state index is -4.62. The highest BCUT2D eigenvalue weighted by atomic mass is 19.4. The van der Waals surface area contributed by atoms with Crippen LogP contribution in [0.3, 0.4) is 0 Å². The van der Waals surface area contributed by atoms with Crippen LogP contribution in [0.25, 0.3) is 17.0 Å². The summed E-state index contributed by atoms with van der Waals surface area (Å²) in [6.45, 7) is 0.567. The lowest BCUT2D eigenvalue weighted by Crippen LogP contribution is -2.42. The summed E-state index contributed by atoms with van der Waals surface area (Å²) < 4.78 is 46.4. The molecular formula is C17H15F3N4O3. The minimum absolute atomic E-state index is 0.00837. The zero-order valence-corrected chi connectivity index (χ0v) is 14.0. The van der Waals surface area contributed by atoms with Crippen LogP contribution in [0.15, 0.2) is 35.5 Å². The van der Waals surface area contributed by atoms with Crippen molar-refractivity contribution in [3.8, 4) is 11.3 Å². The highest BCUT2D eigenvalue weighted by molar-refractivity contribution is 5.94. The third-order valence-electron chi connectivity index (χ3n) is 4.53. The van der Waals surface area contributed by atoms with Crippen LogP contribution in [0, 0.1) is 0 Å². The van der Waals surface area contributed by atoms with Gasteiger partial charge in [0, 0.05) is 19.3 Å². The number of likely N-dealkylation sites (tertiary alicyclic amines) is 1. The quantitative estimate of drug-likeness (QED) is 0.739. The van der Waals surface area contributed by atoms with E-state index in [0.717, 1.165) is 23.1 Å². The first-order valence-corrected chi connectivity index (χ1v) is 8.29. The summed E-state index contributed by atoms with van der Waals surface area (Å²) in [6, 6.07) is 0.918. The molecule has 10 heteroatoms.